The summed E-state index contributed by atoms with van der Waals surface area (Å²) in [6, 6.07) is 8.15. The molecule has 0 aliphatic heterocycles. The second-order valence-electron chi connectivity index (χ2n) is 4.27. The van der Waals surface area contributed by atoms with Crippen LogP contribution in [-0.4, -0.2) is 20.6 Å². The van der Waals surface area contributed by atoms with Crippen LogP contribution in [0, 0.1) is 0 Å². The maximum Gasteiger partial charge on any atom is 0.261 e. The number of thiophene rings is 1. The molecule has 0 aliphatic rings. The van der Waals surface area contributed by atoms with Crippen molar-refractivity contribution in [1.82, 2.24) is 5.32 Å². The molecule has 0 saturated carbocycles. The first kappa shape index (κ1) is 15.1. The number of carbonyl (C=O) groups is 1. The number of rotatable bonds is 4. The Kier molecular flexibility index (Phi) is 4.52. The van der Waals surface area contributed by atoms with Crippen molar-refractivity contribution in [3.63, 3.8) is 0 Å². The van der Waals surface area contributed by atoms with Crippen LogP contribution in [0.15, 0.2) is 45.5 Å². The summed E-state index contributed by atoms with van der Waals surface area (Å²) in [6.45, 7) is 0.350. The Morgan fingerprint density at radius 2 is 1.95 bits per heavy atom. The fraction of sp³-hybridized carbons (Fsp3) is 0.154. The lowest BCUT2D eigenvalue weighted by Crippen LogP contribution is -2.21. The highest BCUT2D eigenvalue weighted by atomic mass is 32.2. The normalized spacial score (nSPS) is 11.3. The highest BCUT2D eigenvalue weighted by molar-refractivity contribution is 7.90. The van der Waals surface area contributed by atoms with Gasteiger partial charge in [-0.25, -0.2) is 8.42 Å². The summed E-state index contributed by atoms with van der Waals surface area (Å²) in [5.74, 6) is -0.164. The van der Waals surface area contributed by atoms with E-state index in [1.807, 2.05) is 0 Å². The van der Waals surface area contributed by atoms with Crippen LogP contribution in [0.5, 0.6) is 0 Å². The largest absolute Gasteiger partial charge is 0.347 e. The number of thiol groups is 1. The molecule has 0 atom stereocenters. The maximum atomic E-state index is 11.8. The summed E-state index contributed by atoms with van der Waals surface area (Å²) in [7, 11) is -3.19. The zero-order valence-corrected chi connectivity index (χ0v) is 13.2. The molecule has 4 nitrogen and oxygen atoms in total. The monoisotopic (exact) mass is 327 g/mol. The molecule has 1 amide bonds. The van der Waals surface area contributed by atoms with Gasteiger partial charge in [0.05, 0.1) is 9.77 Å². The van der Waals surface area contributed by atoms with Crippen molar-refractivity contribution in [2.24, 2.45) is 0 Å². The highest BCUT2D eigenvalue weighted by Gasteiger charge is 2.09. The molecule has 1 aromatic heterocycles. The van der Waals surface area contributed by atoms with E-state index in [2.05, 4.69) is 17.9 Å². The van der Waals surface area contributed by atoms with E-state index < -0.39 is 9.84 Å². The maximum absolute atomic E-state index is 11.8. The first-order valence-electron chi connectivity index (χ1n) is 5.71. The third-order valence-electron chi connectivity index (χ3n) is 2.61. The van der Waals surface area contributed by atoms with Gasteiger partial charge < -0.3 is 5.32 Å². The van der Waals surface area contributed by atoms with Crippen molar-refractivity contribution in [2.75, 3.05) is 6.26 Å². The van der Waals surface area contributed by atoms with Crippen LogP contribution in [0.2, 0.25) is 0 Å². The molecule has 0 saturated heterocycles. The van der Waals surface area contributed by atoms with Gasteiger partial charge in [-0.05, 0) is 23.8 Å². The number of benzene rings is 1. The molecule has 0 unspecified atom stereocenters. The molecule has 2 aromatic rings. The van der Waals surface area contributed by atoms with Crippen molar-refractivity contribution < 1.29 is 13.2 Å². The van der Waals surface area contributed by atoms with E-state index in [4.69, 9.17) is 0 Å². The smallest absolute Gasteiger partial charge is 0.261 e. The molecule has 1 aromatic carbocycles. The lowest BCUT2D eigenvalue weighted by atomic mass is 10.2. The van der Waals surface area contributed by atoms with Gasteiger partial charge in [-0.1, -0.05) is 12.1 Å². The van der Waals surface area contributed by atoms with Crippen molar-refractivity contribution in [3.05, 3.63) is 46.2 Å². The Balaban J connectivity index is 1.99. The Morgan fingerprint density at radius 3 is 2.45 bits per heavy atom. The zero-order chi connectivity index (χ0) is 14.8. The fourth-order valence-corrected chi connectivity index (χ4v) is 3.26. The SMILES string of the molecule is CS(=O)(=O)c1ccc(CNC(=O)c2cc(S)cs2)cc1. The molecule has 0 fully saturated rings. The quantitative estimate of drug-likeness (QED) is 0.848. The minimum absolute atomic E-state index is 0.164. The summed E-state index contributed by atoms with van der Waals surface area (Å²) < 4.78 is 22.6. The number of sulfone groups is 1. The van der Waals surface area contributed by atoms with Crippen LogP contribution >= 0.6 is 24.0 Å². The van der Waals surface area contributed by atoms with E-state index in [0.29, 0.717) is 11.4 Å². The van der Waals surface area contributed by atoms with Gasteiger partial charge in [0.15, 0.2) is 9.84 Å². The topological polar surface area (TPSA) is 63.2 Å². The lowest BCUT2D eigenvalue weighted by molar-refractivity contribution is 0.0955. The fourth-order valence-electron chi connectivity index (χ4n) is 1.57. The summed E-state index contributed by atoms with van der Waals surface area (Å²) >= 11 is 5.48. The van der Waals surface area contributed by atoms with Crippen LogP contribution in [0.25, 0.3) is 0 Å². The van der Waals surface area contributed by atoms with Gasteiger partial charge in [-0.2, -0.15) is 0 Å². The van der Waals surface area contributed by atoms with Crippen LogP contribution in [0.1, 0.15) is 15.2 Å². The van der Waals surface area contributed by atoms with Crippen molar-refractivity contribution >= 4 is 39.7 Å². The first-order valence-corrected chi connectivity index (χ1v) is 8.93. The van der Waals surface area contributed by atoms with Crippen LogP contribution < -0.4 is 5.32 Å². The highest BCUT2D eigenvalue weighted by Crippen LogP contribution is 2.17. The molecule has 0 spiro atoms. The van der Waals surface area contributed by atoms with E-state index in [9.17, 15) is 13.2 Å². The van der Waals surface area contributed by atoms with Crippen LogP contribution in [0.4, 0.5) is 0 Å². The Hall–Kier alpha value is -1.31. The number of amides is 1. The molecule has 20 heavy (non-hydrogen) atoms. The predicted octanol–water partition coefficient (Wildman–Crippen LogP) is 2.37. The van der Waals surface area contributed by atoms with Gasteiger partial charge in [0.2, 0.25) is 0 Å². The molecule has 2 rings (SSSR count). The Labute approximate surface area is 127 Å². The average Bonchev–Trinajstić information content (AvgIpc) is 2.82. The number of hydrogen-bond acceptors (Lipinski definition) is 5. The predicted molar refractivity (Wildman–Crippen MR) is 82.3 cm³/mol. The van der Waals surface area contributed by atoms with Gasteiger partial charge >= 0.3 is 0 Å². The number of hydrogen-bond donors (Lipinski definition) is 2. The van der Waals surface area contributed by atoms with Crippen LogP contribution in [0.3, 0.4) is 0 Å². The number of carbonyl (C=O) groups excluding carboxylic acids is 1. The second kappa shape index (κ2) is 5.99. The number of nitrogens with one attached hydrogen (secondary N) is 1. The van der Waals surface area contributed by atoms with E-state index in [1.54, 1.807) is 23.6 Å². The summed E-state index contributed by atoms with van der Waals surface area (Å²) in [5.41, 5.74) is 0.841. The minimum atomic E-state index is -3.19. The second-order valence-corrected chi connectivity index (χ2v) is 7.71. The van der Waals surface area contributed by atoms with Gasteiger partial charge in [0.25, 0.3) is 5.91 Å². The molecule has 0 aliphatic carbocycles. The van der Waals surface area contributed by atoms with Crippen LogP contribution in [-0.2, 0) is 16.4 Å². The Bertz CT molecular complexity index is 718. The van der Waals surface area contributed by atoms with Crippen molar-refractivity contribution in [3.8, 4) is 0 Å². The first-order chi connectivity index (χ1) is 9.36. The molecule has 106 valence electrons. The van der Waals surface area contributed by atoms with Gasteiger partial charge in [-0.15, -0.1) is 24.0 Å². The molecule has 1 heterocycles. The third kappa shape index (κ3) is 3.84. The van der Waals surface area contributed by atoms with E-state index in [0.717, 1.165) is 16.7 Å². The molecule has 0 bridgehead atoms. The summed E-state index contributed by atoms with van der Waals surface area (Å²) in [5, 5.41) is 4.57. The van der Waals surface area contributed by atoms with Crippen molar-refractivity contribution in [1.29, 1.82) is 0 Å². The molecule has 1 N–H and O–H groups in total. The summed E-state index contributed by atoms with van der Waals surface area (Å²) in [4.78, 5) is 13.5. The lowest BCUT2D eigenvalue weighted by Gasteiger charge is -2.05. The van der Waals surface area contributed by atoms with E-state index >= 15 is 0 Å². The standard InChI is InChI=1S/C13H13NO3S3/c1-20(16,17)11-4-2-9(3-5-11)7-14-13(15)12-6-10(18)8-19-12/h2-6,8,18H,7H2,1H3,(H,14,15). The average molecular weight is 327 g/mol. The Morgan fingerprint density at radius 1 is 1.30 bits per heavy atom. The molecular weight excluding hydrogens is 314 g/mol. The molecule has 0 radical (unpaired) electrons. The van der Waals surface area contributed by atoms with Crippen molar-refractivity contribution in [2.45, 2.75) is 16.3 Å². The third-order valence-corrected chi connectivity index (χ3v) is 5.10. The summed E-state index contributed by atoms with van der Waals surface area (Å²) in [6.07, 6.45) is 1.16. The van der Waals surface area contributed by atoms with Gasteiger partial charge in [-0.3, -0.25) is 4.79 Å². The van der Waals surface area contributed by atoms with Gasteiger partial charge in [0.1, 0.15) is 0 Å². The minimum Gasteiger partial charge on any atom is -0.347 e. The van der Waals surface area contributed by atoms with E-state index in [1.165, 1.54) is 23.5 Å². The molecular formula is C13H13NO3S3. The van der Waals surface area contributed by atoms with Gasteiger partial charge in [0, 0.05) is 23.1 Å². The van der Waals surface area contributed by atoms with E-state index in [-0.39, 0.29) is 10.8 Å². The molecule has 7 heteroatoms. The zero-order valence-electron chi connectivity index (χ0n) is 10.7.